The molecule has 0 saturated carbocycles. The van der Waals surface area contributed by atoms with Crippen molar-refractivity contribution in [3.63, 3.8) is 0 Å². The summed E-state index contributed by atoms with van der Waals surface area (Å²) in [7, 11) is 0. The Labute approximate surface area is 89.2 Å². The first-order valence-electron chi connectivity index (χ1n) is 4.69. The van der Waals surface area contributed by atoms with E-state index in [-0.39, 0.29) is 0 Å². The minimum atomic E-state index is 0.294. The molecule has 0 aromatic carbocycles. The Kier molecular flexibility index (Phi) is 4.16. The number of nitrogens with zero attached hydrogens (tertiary/aromatic N) is 3. The van der Waals surface area contributed by atoms with E-state index in [9.17, 15) is 0 Å². The number of halogens is 1. The van der Waals surface area contributed by atoms with Gasteiger partial charge in [-0.25, -0.2) is 10.4 Å². The van der Waals surface area contributed by atoms with Crippen LogP contribution in [0.1, 0.15) is 20.8 Å². The molecule has 0 spiro atoms. The molecule has 0 amide bonds. The number of rotatable bonds is 3. The summed E-state index contributed by atoms with van der Waals surface area (Å²) in [5, 5.41) is 5.26. The van der Waals surface area contributed by atoms with E-state index < -0.39 is 0 Å². The van der Waals surface area contributed by atoms with Crippen molar-refractivity contribution in [2.24, 2.45) is 9.98 Å². The molecular formula is C8H16ClN5. The van der Waals surface area contributed by atoms with Gasteiger partial charge in [0.15, 0.2) is 0 Å². The fraction of sp³-hybridized carbons (Fsp3) is 0.750. The van der Waals surface area contributed by atoms with Gasteiger partial charge < -0.3 is 5.32 Å². The Bertz CT molecular complexity index is 248. The molecule has 1 aliphatic rings. The van der Waals surface area contributed by atoms with Crippen LogP contribution in [0.25, 0.3) is 0 Å². The highest BCUT2D eigenvalue weighted by atomic mass is 35.5. The minimum absolute atomic E-state index is 0.294. The largest absolute Gasteiger partial charge is 0.355 e. The Hall–Kier alpha value is -0.810. The van der Waals surface area contributed by atoms with Crippen LogP contribution in [0.2, 0.25) is 0 Å². The van der Waals surface area contributed by atoms with Crippen LogP contribution in [-0.4, -0.2) is 35.5 Å². The first-order chi connectivity index (χ1) is 6.63. The molecule has 1 aliphatic heterocycles. The summed E-state index contributed by atoms with van der Waals surface area (Å²) in [6.07, 6.45) is 0. The molecule has 14 heavy (non-hydrogen) atoms. The van der Waals surface area contributed by atoms with Crippen molar-refractivity contribution in [2.75, 3.05) is 13.2 Å². The summed E-state index contributed by atoms with van der Waals surface area (Å²) in [5.41, 5.74) is 3.21. The first-order valence-corrected chi connectivity index (χ1v) is 5.07. The summed E-state index contributed by atoms with van der Waals surface area (Å²) in [4.78, 5) is 8.11. The molecule has 5 nitrogen and oxygen atoms in total. The van der Waals surface area contributed by atoms with Crippen LogP contribution in [-0.2, 0) is 0 Å². The van der Waals surface area contributed by atoms with Gasteiger partial charge in [-0.15, -0.1) is 0 Å². The van der Waals surface area contributed by atoms with Gasteiger partial charge in [0.05, 0.1) is 0 Å². The van der Waals surface area contributed by atoms with E-state index in [4.69, 9.17) is 11.6 Å². The fourth-order valence-electron chi connectivity index (χ4n) is 1.09. The topological polar surface area (TPSA) is 52.0 Å². The highest BCUT2D eigenvalue weighted by Crippen LogP contribution is 2.00. The number of hydrogen-bond acceptors (Lipinski definition) is 5. The zero-order valence-electron chi connectivity index (χ0n) is 8.71. The first kappa shape index (κ1) is 11.3. The quantitative estimate of drug-likeness (QED) is 0.686. The number of hydrazine groups is 1. The molecule has 0 aromatic rings. The van der Waals surface area contributed by atoms with Gasteiger partial charge in [0, 0.05) is 12.6 Å². The average molecular weight is 218 g/mol. The van der Waals surface area contributed by atoms with Crippen molar-refractivity contribution in [3.8, 4) is 0 Å². The SMILES string of the molecule is CCNC1=NC(Cl)=NCN1NC(C)C. The van der Waals surface area contributed by atoms with Crippen LogP contribution in [0.15, 0.2) is 9.98 Å². The van der Waals surface area contributed by atoms with E-state index in [1.807, 2.05) is 11.9 Å². The molecule has 80 valence electrons. The van der Waals surface area contributed by atoms with Gasteiger partial charge in [0.25, 0.3) is 0 Å². The van der Waals surface area contributed by atoms with Crippen LogP contribution in [0, 0.1) is 0 Å². The number of nitrogens with one attached hydrogen (secondary N) is 2. The lowest BCUT2D eigenvalue weighted by Gasteiger charge is -2.29. The lowest BCUT2D eigenvalue weighted by atomic mass is 10.4. The molecule has 6 heteroatoms. The van der Waals surface area contributed by atoms with Gasteiger partial charge in [0.2, 0.25) is 11.3 Å². The van der Waals surface area contributed by atoms with Gasteiger partial charge in [-0.3, -0.25) is 5.01 Å². The molecular weight excluding hydrogens is 202 g/mol. The van der Waals surface area contributed by atoms with Crippen molar-refractivity contribution in [1.82, 2.24) is 15.8 Å². The van der Waals surface area contributed by atoms with Gasteiger partial charge in [-0.1, -0.05) is 0 Å². The Morgan fingerprint density at radius 1 is 1.57 bits per heavy atom. The standard InChI is InChI=1S/C8H16ClN5/c1-4-10-8-12-7(9)11-5-14(8)13-6(2)3/h6,13H,4-5H2,1-3H3,(H,10,11,12). The second-order valence-electron chi connectivity index (χ2n) is 3.25. The van der Waals surface area contributed by atoms with Crippen molar-refractivity contribution in [3.05, 3.63) is 0 Å². The molecule has 0 atom stereocenters. The lowest BCUT2D eigenvalue weighted by Crippen LogP contribution is -2.53. The second kappa shape index (κ2) is 5.17. The van der Waals surface area contributed by atoms with Crippen molar-refractivity contribution in [2.45, 2.75) is 26.8 Å². The maximum atomic E-state index is 5.72. The van der Waals surface area contributed by atoms with Crippen LogP contribution in [0.3, 0.4) is 0 Å². The van der Waals surface area contributed by atoms with Crippen LogP contribution < -0.4 is 10.7 Å². The summed E-state index contributed by atoms with van der Waals surface area (Å²) < 4.78 is 0. The van der Waals surface area contributed by atoms with Gasteiger partial charge in [0.1, 0.15) is 6.67 Å². The molecule has 1 heterocycles. The molecule has 0 fully saturated rings. The molecule has 2 N–H and O–H groups in total. The molecule has 0 bridgehead atoms. The molecule has 0 aromatic heterocycles. The van der Waals surface area contributed by atoms with Crippen LogP contribution in [0.4, 0.5) is 0 Å². The van der Waals surface area contributed by atoms with Crippen LogP contribution in [0.5, 0.6) is 0 Å². The summed E-state index contributed by atoms with van der Waals surface area (Å²) in [6, 6.07) is 0.339. The maximum Gasteiger partial charge on any atom is 0.222 e. The predicted octanol–water partition coefficient (Wildman–Crippen LogP) is 0.733. The zero-order valence-corrected chi connectivity index (χ0v) is 9.47. The highest BCUT2D eigenvalue weighted by molar-refractivity contribution is 6.65. The third-order valence-electron chi connectivity index (χ3n) is 1.55. The molecule has 0 aliphatic carbocycles. The number of amidine groups is 1. The van der Waals surface area contributed by atoms with Crippen molar-refractivity contribution >= 4 is 22.9 Å². The van der Waals surface area contributed by atoms with E-state index in [1.54, 1.807) is 0 Å². The fourth-order valence-corrected chi connectivity index (χ4v) is 1.22. The van der Waals surface area contributed by atoms with Crippen molar-refractivity contribution < 1.29 is 0 Å². The van der Waals surface area contributed by atoms with Crippen LogP contribution >= 0.6 is 11.6 Å². The highest BCUT2D eigenvalue weighted by Gasteiger charge is 2.15. The second-order valence-corrected chi connectivity index (χ2v) is 3.58. The Morgan fingerprint density at radius 3 is 2.86 bits per heavy atom. The average Bonchev–Trinajstić information content (AvgIpc) is 2.09. The van der Waals surface area contributed by atoms with Crippen molar-refractivity contribution in [1.29, 1.82) is 0 Å². The van der Waals surface area contributed by atoms with Gasteiger partial charge in [-0.2, -0.15) is 4.99 Å². The molecule has 1 rings (SSSR count). The number of hydrogen-bond donors (Lipinski definition) is 2. The normalized spacial score (nSPS) is 16.8. The third-order valence-corrected chi connectivity index (χ3v) is 1.75. The third kappa shape index (κ3) is 3.16. The number of guanidine groups is 1. The van der Waals surface area contributed by atoms with E-state index in [1.165, 1.54) is 0 Å². The van der Waals surface area contributed by atoms with E-state index >= 15 is 0 Å². The summed E-state index contributed by atoms with van der Waals surface area (Å²) in [6.45, 7) is 7.42. The van der Waals surface area contributed by atoms with Gasteiger partial charge >= 0.3 is 0 Å². The summed E-state index contributed by atoms with van der Waals surface area (Å²) >= 11 is 5.72. The minimum Gasteiger partial charge on any atom is -0.355 e. The molecule has 0 saturated heterocycles. The predicted molar refractivity (Wildman–Crippen MR) is 59.4 cm³/mol. The number of aliphatic imine (C=N–C) groups is 2. The molecule has 0 radical (unpaired) electrons. The zero-order chi connectivity index (χ0) is 10.6. The van der Waals surface area contributed by atoms with Gasteiger partial charge in [-0.05, 0) is 32.4 Å². The summed E-state index contributed by atoms with van der Waals surface area (Å²) in [5.74, 6) is 0.723. The van der Waals surface area contributed by atoms with E-state index in [0.29, 0.717) is 18.0 Å². The lowest BCUT2D eigenvalue weighted by molar-refractivity contribution is 0.272. The Morgan fingerprint density at radius 2 is 2.29 bits per heavy atom. The van der Waals surface area contributed by atoms with E-state index in [0.717, 1.165) is 12.5 Å². The molecule has 0 unspecified atom stereocenters. The Balaban J connectivity index is 2.64. The van der Waals surface area contributed by atoms with E-state index in [2.05, 4.69) is 34.6 Å². The maximum absolute atomic E-state index is 5.72. The smallest absolute Gasteiger partial charge is 0.222 e. The monoisotopic (exact) mass is 217 g/mol.